The van der Waals surface area contributed by atoms with E-state index in [2.05, 4.69) is 27.1 Å². The molecule has 2 N–H and O–H groups in total. The molecule has 0 atom stereocenters. The Hall–Kier alpha value is -1.60. The van der Waals surface area contributed by atoms with Gasteiger partial charge in [-0.05, 0) is 36.1 Å². The van der Waals surface area contributed by atoms with Crippen LogP contribution in [0.2, 0.25) is 0 Å². The SMILES string of the molecule is COCCC1(CNC(=NCC(=O)N(C)C)NCc2cccs2)CC1. The van der Waals surface area contributed by atoms with Crippen LogP contribution in [-0.2, 0) is 16.1 Å². The van der Waals surface area contributed by atoms with Gasteiger partial charge in [0.2, 0.25) is 5.91 Å². The van der Waals surface area contributed by atoms with E-state index in [1.807, 2.05) is 6.07 Å². The van der Waals surface area contributed by atoms with Crippen LogP contribution in [-0.4, -0.2) is 57.7 Å². The summed E-state index contributed by atoms with van der Waals surface area (Å²) < 4.78 is 5.20. The van der Waals surface area contributed by atoms with Gasteiger partial charge in [0.15, 0.2) is 5.96 Å². The summed E-state index contributed by atoms with van der Waals surface area (Å²) in [6.45, 7) is 2.52. The lowest BCUT2D eigenvalue weighted by atomic mass is 10.0. The van der Waals surface area contributed by atoms with Gasteiger partial charge >= 0.3 is 0 Å². The highest BCUT2D eigenvalue weighted by Crippen LogP contribution is 2.48. The lowest BCUT2D eigenvalue weighted by Gasteiger charge is -2.18. The number of amides is 1. The lowest BCUT2D eigenvalue weighted by Crippen LogP contribution is -2.41. The van der Waals surface area contributed by atoms with Crippen LogP contribution in [0.3, 0.4) is 0 Å². The van der Waals surface area contributed by atoms with Gasteiger partial charge in [-0.25, -0.2) is 4.99 Å². The third-order valence-corrected chi connectivity index (χ3v) is 5.18. The quantitative estimate of drug-likeness (QED) is 0.524. The minimum atomic E-state index is -0.00672. The van der Waals surface area contributed by atoms with Crippen molar-refractivity contribution in [1.82, 2.24) is 15.5 Å². The molecule has 0 radical (unpaired) electrons. The molecule has 2 rings (SSSR count). The van der Waals surface area contributed by atoms with Crippen LogP contribution < -0.4 is 10.6 Å². The Morgan fingerprint density at radius 3 is 2.79 bits per heavy atom. The number of hydrogen-bond acceptors (Lipinski definition) is 4. The second-order valence-electron chi connectivity index (χ2n) is 6.48. The number of hydrogen-bond donors (Lipinski definition) is 2. The molecule has 0 bridgehead atoms. The van der Waals surface area contributed by atoms with Crippen LogP contribution in [0.4, 0.5) is 0 Å². The molecule has 0 aromatic carbocycles. The zero-order chi connectivity index (χ0) is 17.4. The summed E-state index contributed by atoms with van der Waals surface area (Å²) in [4.78, 5) is 19.0. The van der Waals surface area contributed by atoms with E-state index >= 15 is 0 Å². The summed E-state index contributed by atoms with van der Waals surface area (Å²) in [6, 6.07) is 4.12. The maximum absolute atomic E-state index is 11.8. The third kappa shape index (κ3) is 6.13. The van der Waals surface area contributed by atoms with Gasteiger partial charge in [-0.2, -0.15) is 0 Å². The highest BCUT2D eigenvalue weighted by atomic mass is 32.1. The van der Waals surface area contributed by atoms with Crippen LogP contribution in [0.25, 0.3) is 0 Å². The van der Waals surface area contributed by atoms with Gasteiger partial charge < -0.3 is 20.3 Å². The maximum atomic E-state index is 11.8. The van der Waals surface area contributed by atoms with Crippen molar-refractivity contribution < 1.29 is 9.53 Å². The molecular weight excluding hydrogens is 324 g/mol. The van der Waals surface area contributed by atoms with Crippen molar-refractivity contribution in [2.45, 2.75) is 25.8 Å². The standard InChI is InChI=1S/C17H28N4O2S/c1-21(2)15(22)12-19-16(18-11-14-5-4-10-24-14)20-13-17(6-7-17)8-9-23-3/h4-5,10H,6-9,11-13H2,1-3H3,(H2,18,19,20). The van der Waals surface area contributed by atoms with E-state index in [0.717, 1.165) is 19.6 Å². The van der Waals surface area contributed by atoms with Gasteiger partial charge in [0.05, 0.1) is 6.54 Å². The van der Waals surface area contributed by atoms with Gasteiger partial charge in [0.25, 0.3) is 0 Å². The van der Waals surface area contributed by atoms with Crippen molar-refractivity contribution in [3.63, 3.8) is 0 Å². The zero-order valence-corrected chi connectivity index (χ0v) is 15.6. The zero-order valence-electron chi connectivity index (χ0n) is 14.8. The van der Waals surface area contributed by atoms with Crippen molar-refractivity contribution in [2.24, 2.45) is 10.4 Å². The number of ether oxygens (including phenoxy) is 1. The highest BCUT2D eigenvalue weighted by molar-refractivity contribution is 7.09. The fourth-order valence-corrected chi connectivity index (χ4v) is 2.97. The Morgan fingerprint density at radius 2 is 2.21 bits per heavy atom. The van der Waals surface area contributed by atoms with Crippen molar-refractivity contribution >= 4 is 23.2 Å². The average molecular weight is 353 g/mol. The van der Waals surface area contributed by atoms with E-state index in [9.17, 15) is 4.79 Å². The van der Waals surface area contributed by atoms with Crippen LogP contribution >= 0.6 is 11.3 Å². The number of nitrogens with zero attached hydrogens (tertiary/aromatic N) is 2. The third-order valence-electron chi connectivity index (χ3n) is 4.31. The van der Waals surface area contributed by atoms with Crippen molar-refractivity contribution in [2.75, 3.05) is 40.9 Å². The molecule has 0 spiro atoms. The molecule has 1 fully saturated rings. The van der Waals surface area contributed by atoms with E-state index in [1.54, 1.807) is 37.4 Å². The Balaban J connectivity index is 1.88. The van der Waals surface area contributed by atoms with Gasteiger partial charge in [0, 0.05) is 39.2 Å². The first-order valence-electron chi connectivity index (χ1n) is 8.28. The molecule has 1 aliphatic rings. The number of rotatable bonds is 9. The number of aliphatic imine (C=N–C) groups is 1. The first kappa shape index (κ1) is 18.7. The molecule has 1 aromatic heterocycles. The first-order valence-corrected chi connectivity index (χ1v) is 9.16. The predicted molar refractivity (Wildman–Crippen MR) is 98.3 cm³/mol. The molecule has 1 saturated carbocycles. The molecule has 0 saturated heterocycles. The highest BCUT2D eigenvalue weighted by Gasteiger charge is 2.41. The van der Waals surface area contributed by atoms with Gasteiger partial charge in [-0.1, -0.05) is 6.07 Å². The molecule has 1 heterocycles. The van der Waals surface area contributed by atoms with Gasteiger partial charge in [-0.15, -0.1) is 11.3 Å². The number of methoxy groups -OCH3 is 1. The summed E-state index contributed by atoms with van der Waals surface area (Å²) in [5.41, 5.74) is 0.326. The molecule has 1 amide bonds. The maximum Gasteiger partial charge on any atom is 0.243 e. The van der Waals surface area contributed by atoms with Crippen LogP contribution in [0.1, 0.15) is 24.1 Å². The molecule has 0 aliphatic heterocycles. The fraction of sp³-hybridized carbons (Fsp3) is 0.647. The van der Waals surface area contributed by atoms with E-state index in [4.69, 9.17) is 4.74 Å². The summed E-state index contributed by atoms with van der Waals surface area (Å²) in [5.74, 6) is 0.690. The molecule has 1 aliphatic carbocycles. The van der Waals surface area contributed by atoms with Crippen LogP contribution in [0.5, 0.6) is 0 Å². The minimum Gasteiger partial charge on any atom is -0.385 e. The van der Waals surface area contributed by atoms with E-state index < -0.39 is 0 Å². The van der Waals surface area contributed by atoms with Crippen LogP contribution in [0.15, 0.2) is 22.5 Å². The average Bonchev–Trinajstić information content (AvgIpc) is 3.14. The monoisotopic (exact) mass is 352 g/mol. The van der Waals surface area contributed by atoms with Crippen molar-refractivity contribution in [3.8, 4) is 0 Å². The summed E-state index contributed by atoms with van der Waals surface area (Å²) >= 11 is 1.70. The number of nitrogens with one attached hydrogen (secondary N) is 2. The fourth-order valence-electron chi connectivity index (χ4n) is 2.33. The molecule has 0 unspecified atom stereocenters. The molecule has 7 heteroatoms. The Bertz CT molecular complexity index is 539. The topological polar surface area (TPSA) is 66.0 Å². The van der Waals surface area contributed by atoms with E-state index in [-0.39, 0.29) is 12.5 Å². The predicted octanol–water partition coefficient (Wildman–Crippen LogP) is 1.69. The molecule has 134 valence electrons. The van der Waals surface area contributed by atoms with Crippen molar-refractivity contribution in [3.05, 3.63) is 22.4 Å². The Labute approximate surface area is 148 Å². The summed E-state index contributed by atoms with van der Waals surface area (Å²) in [5, 5.41) is 8.78. The Morgan fingerprint density at radius 1 is 1.42 bits per heavy atom. The normalized spacial score (nSPS) is 15.9. The summed E-state index contributed by atoms with van der Waals surface area (Å²) in [6.07, 6.45) is 3.50. The molecular formula is C17H28N4O2S. The first-order chi connectivity index (χ1) is 11.5. The lowest BCUT2D eigenvalue weighted by molar-refractivity contribution is -0.127. The molecule has 1 aromatic rings. The smallest absolute Gasteiger partial charge is 0.243 e. The second kappa shape index (κ2) is 9.03. The van der Waals surface area contributed by atoms with Gasteiger partial charge in [0.1, 0.15) is 6.54 Å². The minimum absolute atomic E-state index is 0.00672. The van der Waals surface area contributed by atoms with Gasteiger partial charge in [-0.3, -0.25) is 4.79 Å². The van der Waals surface area contributed by atoms with Crippen molar-refractivity contribution in [1.29, 1.82) is 0 Å². The van der Waals surface area contributed by atoms with E-state index in [1.165, 1.54) is 17.7 Å². The Kier molecular flexibility index (Phi) is 7.05. The number of guanidine groups is 1. The molecule has 24 heavy (non-hydrogen) atoms. The van der Waals surface area contributed by atoms with E-state index in [0.29, 0.717) is 17.9 Å². The number of likely N-dealkylation sites (N-methyl/N-ethyl adjacent to an activating group) is 1. The number of thiophene rings is 1. The second-order valence-corrected chi connectivity index (χ2v) is 7.51. The van der Waals surface area contributed by atoms with Crippen LogP contribution in [0, 0.1) is 5.41 Å². The summed E-state index contributed by atoms with van der Waals surface area (Å²) in [7, 11) is 5.23. The number of carbonyl (C=O) groups excluding carboxylic acids is 1. The number of carbonyl (C=O) groups is 1. The molecule has 6 nitrogen and oxygen atoms in total. The largest absolute Gasteiger partial charge is 0.385 e.